The molecule has 2 aromatic carbocycles. The molecule has 4 aromatic rings. The highest BCUT2D eigenvalue weighted by molar-refractivity contribution is 5.83. The third-order valence-electron chi connectivity index (χ3n) is 3.54. The highest BCUT2D eigenvalue weighted by Gasteiger charge is 2.11. The van der Waals surface area contributed by atoms with Gasteiger partial charge in [-0.3, -0.25) is 0 Å². The zero-order valence-corrected chi connectivity index (χ0v) is 11.5. The van der Waals surface area contributed by atoms with Crippen LogP contribution in [-0.4, -0.2) is 15.1 Å². The van der Waals surface area contributed by atoms with Crippen LogP contribution in [0.1, 0.15) is 5.56 Å². The van der Waals surface area contributed by atoms with E-state index in [-0.39, 0.29) is 0 Å². The van der Waals surface area contributed by atoms with Gasteiger partial charge in [-0.2, -0.15) is 4.98 Å². The Hall–Kier alpha value is -2.88. The lowest BCUT2D eigenvalue weighted by molar-refractivity contribution is 0.432. The Labute approximate surface area is 121 Å². The van der Waals surface area contributed by atoms with Crippen LogP contribution in [0.3, 0.4) is 0 Å². The second-order valence-corrected chi connectivity index (χ2v) is 5.07. The summed E-state index contributed by atoms with van der Waals surface area (Å²) in [4.78, 5) is 7.66. The third kappa shape index (κ3) is 2.10. The summed E-state index contributed by atoms with van der Waals surface area (Å²) in [6.45, 7) is 2.05. The molecular weight excluding hydrogens is 262 g/mol. The number of aryl methyl sites for hydroxylation is 1. The van der Waals surface area contributed by atoms with Crippen molar-refractivity contribution >= 4 is 10.9 Å². The molecule has 0 aliphatic rings. The normalized spacial score (nSPS) is 11.1. The van der Waals surface area contributed by atoms with E-state index in [0.717, 1.165) is 22.0 Å². The minimum absolute atomic E-state index is 0.530. The zero-order valence-electron chi connectivity index (χ0n) is 11.5. The van der Waals surface area contributed by atoms with Crippen molar-refractivity contribution in [2.45, 2.75) is 6.92 Å². The van der Waals surface area contributed by atoms with Gasteiger partial charge in [0.05, 0.1) is 0 Å². The van der Waals surface area contributed by atoms with E-state index >= 15 is 0 Å². The molecule has 4 rings (SSSR count). The summed E-state index contributed by atoms with van der Waals surface area (Å²) in [6, 6.07) is 16.1. The smallest absolute Gasteiger partial charge is 0.258 e. The molecule has 2 aromatic heterocycles. The van der Waals surface area contributed by atoms with Crippen LogP contribution in [0.4, 0.5) is 0 Å². The second-order valence-electron chi connectivity index (χ2n) is 5.07. The van der Waals surface area contributed by atoms with Crippen LogP contribution in [0.5, 0.6) is 0 Å². The van der Waals surface area contributed by atoms with Gasteiger partial charge in [0.1, 0.15) is 0 Å². The van der Waals surface area contributed by atoms with Gasteiger partial charge in [-0.05, 0) is 30.5 Å². The fraction of sp³-hybridized carbons (Fsp3) is 0.0588. The maximum Gasteiger partial charge on any atom is 0.258 e. The highest BCUT2D eigenvalue weighted by Crippen LogP contribution is 2.25. The summed E-state index contributed by atoms with van der Waals surface area (Å²) in [5, 5.41) is 5.23. The molecule has 4 nitrogen and oxygen atoms in total. The maximum absolute atomic E-state index is 5.39. The van der Waals surface area contributed by atoms with Gasteiger partial charge in [0.15, 0.2) is 0 Å². The van der Waals surface area contributed by atoms with Crippen molar-refractivity contribution in [3.8, 4) is 22.8 Å². The minimum Gasteiger partial charge on any atom is -0.361 e. The standard InChI is InChI=1S/C17H13N3O/c1-11-2-4-13(5-3-11)16-19-17(21-20-16)14-7-6-12-8-9-18-15(12)10-14/h2-10,18H,1H3. The van der Waals surface area contributed by atoms with E-state index in [1.165, 1.54) is 5.56 Å². The number of fused-ring (bicyclic) bond motifs is 1. The van der Waals surface area contributed by atoms with Crippen molar-refractivity contribution in [2.75, 3.05) is 0 Å². The molecule has 0 unspecified atom stereocenters. The molecule has 4 heteroatoms. The largest absolute Gasteiger partial charge is 0.361 e. The Bertz CT molecular complexity index is 903. The summed E-state index contributed by atoms with van der Waals surface area (Å²) >= 11 is 0. The summed E-state index contributed by atoms with van der Waals surface area (Å²) < 4.78 is 5.39. The molecule has 0 radical (unpaired) electrons. The highest BCUT2D eigenvalue weighted by atomic mass is 16.5. The number of hydrogen-bond acceptors (Lipinski definition) is 3. The number of hydrogen-bond donors (Lipinski definition) is 1. The van der Waals surface area contributed by atoms with E-state index in [2.05, 4.69) is 22.0 Å². The lowest BCUT2D eigenvalue weighted by Crippen LogP contribution is -1.82. The van der Waals surface area contributed by atoms with Gasteiger partial charge < -0.3 is 9.51 Å². The van der Waals surface area contributed by atoms with Gasteiger partial charge in [0, 0.05) is 22.8 Å². The molecule has 0 fully saturated rings. The van der Waals surface area contributed by atoms with Crippen LogP contribution < -0.4 is 0 Å². The number of nitrogens with one attached hydrogen (secondary N) is 1. The summed E-state index contributed by atoms with van der Waals surface area (Å²) in [5.74, 6) is 1.14. The molecule has 0 amide bonds. The van der Waals surface area contributed by atoms with E-state index < -0.39 is 0 Å². The van der Waals surface area contributed by atoms with Crippen LogP contribution in [-0.2, 0) is 0 Å². The van der Waals surface area contributed by atoms with Gasteiger partial charge in [0.2, 0.25) is 5.82 Å². The van der Waals surface area contributed by atoms with Gasteiger partial charge in [0.25, 0.3) is 5.89 Å². The molecule has 0 bridgehead atoms. The minimum atomic E-state index is 0.530. The van der Waals surface area contributed by atoms with Crippen LogP contribution in [0.25, 0.3) is 33.7 Å². The van der Waals surface area contributed by atoms with Crippen molar-refractivity contribution in [2.24, 2.45) is 0 Å². The Morgan fingerprint density at radius 2 is 1.76 bits per heavy atom. The first-order valence-corrected chi connectivity index (χ1v) is 6.78. The van der Waals surface area contributed by atoms with E-state index in [1.54, 1.807) is 0 Å². The molecule has 0 aliphatic carbocycles. The van der Waals surface area contributed by atoms with Gasteiger partial charge in [-0.15, -0.1) is 0 Å². The predicted molar refractivity (Wildman–Crippen MR) is 81.8 cm³/mol. The van der Waals surface area contributed by atoms with Crippen LogP contribution >= 0.6 is 0 Å². The van der Waals surface area contributed by atoms with Crippen molar-refractivity contribution in [1.82, 2.24) is 15.1 Å². The number of aromatic nitrogens is 3. The SMILES string of the molecule is Cc1ccc(-c2noc(-c3ccc4cc[nH]c4c3)n2)cc1. The zero-order chi connectivity index (χ0) is 14.2. The number of nitrogens with zero attached hydrogens (tertiary/aromatic N) is 2. The van der Waals surface area contributed by atoms with Crippen molar-refractivity contribution in [3.05, 3.63) is 60.3 Å². The number of rotatable bonds is 2. The molecule has 0 saturated heterocycles. The van der Waals surface area contributed by atoms with Crippen molar-refractivity contribution < 1.29 is 4.52 Å². The summed E-state index contributed by atoms with van der Waals surface area (Å²) in [7, 11) is 0. The molecular formula is C17H13N3O. The molecule has 0 atom stereocenters. The Balaban J connectivity index is 1.74. The first-order chi connectivity index (χ1) is 10.3. The Kier molecular flexibility index (Phi) is 2.60. The molecule has 0 spiro atoms. The van der Waals surface area contributed by atoms with E-state index in [1.807, 2.05) is 54.7 Å². The Morgan fingerprint density at radius 3 is 2.62 bits per heavy atom. The average Bonchev–Trinajstić information content (AvgIpc) is 3.16. The van der Waals surface area contributed by atoms with Crippen LogP contribution in [0, 0.1) is 6.92 Å². The molecule has 1 N–H and O–H groups in total. The topological polar surface area (TPSA) is 54.7 Å². The van der Waals surface area contributed by atoms with Crippen LogP contribution in [0.15, 0.2) is 59.3 Å². The van der Waals surface area contributed by atoms with E-state index in [0.29, 0.717) is 11.7 Å². The predicted octanol–water partition coefficient (Wildman–Crippen LogP) is 4.19. The third-order valence-corrected chi connectivity index (χ3v) is 3.54. The first-order valence-electron chi connectivity index (χ1n) is 6.78. The monoisotopic (exact) mass is 275 g/mol. The van der Waals surface area contributed by atoms with Gasteiger partial charge in [-0.25, -0.2) is 0 Å². The molecule has 102 valence electrons. The molecule has 0 aliphatic heterocycles. The molecule has 0 saturated carbocycles. The lowest BCUT2D eigenvalue weighted by Gasteiger charge is -1.95. The Morgan fingerprint density at radius 1 is 0.952 bits per heavy atom. The molecule has 2 heterocycles. The second kappa shape index (κ2) is 4.59. The number of aromatic amines is 1. The van der Waals surface area contributed by atoms with Crippen LogP contribution in [0.2, 0.25) is 0 Å². The van der Waals surface area contributed by atoms with E-state index in [9.17, 15) is 0 Å². The first kappa shape index (κ1) is 11.9. The van der Waals surface area contributed by atoms with Gasteiger partial charge >= 0.3 is 0 Å². The lowest BCUT2D eigenvalue weighted by atomic mass is 10.1. The van der Waals surface area contributed by atoms with E-state index in [4.69, 9.17) is 4.52 Å². The summed E-state index contributed by atoms with van der Waals surface area (Å²) in [6.07, 6.45) is 1.92. The average molecular weight is 275 g/mol. The van der Waals surface area contributed by atoms with Crippen molar-refractivity contribution in [1.29, 1.82) is 0 Å². The van der Waals surface area contributed by atoms with Gasteiger partial charge in [-0.1, -0.05) is 41.1 Å². The fourth-order valence-electron chi connectivity index (χ4n) is 2.34. The number of benzene rings is 2. The quantitative estimate of drug-likeness (QED) is 0.596. The maximum atomic E-state index is 5.39. The van der Waals surface area contributed by atoms with Crippen molar-refractivity contribution in [3.63, 3.8) is 0 Å². The fourth-order valence-corrected chi connectivity index (χ4v) is 2.34. The molecule has 21 heavy (non-hydrogen) atoms. The summed E-state index contributed by atoms with van der Waals surface area (Å²) in [5.41, 5.74) is 4.13. The number of H-pyrrole nitrogens is 1.